The second kappa shape index (κ2) is 6.85. The topological polar surface area (TPSA) is 54.2 Å². The van der Waals surface area contributed by atoms with Gasteiger partial charge >= 0.3 is 0 Å². The molecule has 6 heteroatoms. The van der Waals surface area contributed by atoms with Crippen molar-refractivity contribution in [3.63, 3.8) is 0 Å². The van der Waals surface area contributed by atoms with E-state index in [0.717, 1.165) is 42.1 Å². The molecule has 0 amide bonds. The van der Waals surface area contributed by atoms with E-state index in [0.29, 0.717) is 6.54 Å². The zero-order chi connectivity index (χ0) is 14.5. The number of hydrogen-bond donors (Lipinski definition) is 1. The first-order valence-electron chi connectivity index (χ1n) is 6.97. The molecule has 0 aromatic carbocycles. The summed E-state index contributed by atoms with van der Waals surface area (Å²) >= 11 is 1.73. The number of rotatable bonds is 7. The average Bonchev–Trinajstić information content (AvgIpc) is 3.00. The van der Waals surface area contributed by atoms with Crippen molar-refractivity contribution < 1.29 is 4.42 Å². The third-order valence-electron chi connectivity index (χ3n) is 3.22. The summed E-state index contributed by atoms with van der Waals surface area (Å²) in [7, 11) is 0. The molecule has 2 aromatic rings. The Kier molecular flexibility index (Phi) is 5.14. The molecule has 110 valence electrons. The van der Waals surface area contributed by atoms with Gasteiger partial charge in [-0.25, -0.2) is 9.97 Å². The molecular formula is C14H22N4OS. The number of anilines is 1. The van der Waals surface area contributed by atoms with Gasteiger partial charge in [0.25, 0.3) is 0 Å². The van der Waals surface area contributed by atoms with Crippen LogP contribution in [0, 0.1) is 13.8 Å². The Labute approximate surface area is 124 Å². The first-order chi connectivity index (χ1) is 9.63. The van der Waals surface area contributed by atoms with Crippen LogP contribution in [-0.2, 0) is 13.1 Å². The van der Waals surface area contributed by atoms with E-state index < -0.39 is 0 Å². The van der Waals surface area contributed by atoms with Gasteiger partial charge in [-0.1, -0.05) is 0 Å². The van der Waals surface area contributed by atoms with E-state index >= 15 is 0 Å². The number of hydrogen-bond acceptors (Lipinski definition) is 6. The van der Waals surface area contributed by atoms with Gasteiger partial charge in [-0.05, 0) is 27.7 Å². The lowest BCUT2D eigenvalue weighted by molar-refractivity contribution is 0.449. The highest BCUT2D eigenvalue weighted by Crippen LogP contribution is 2.22. The number of oxazole rings is 1. The summed E-state index contributed by atoms with van der Waals surface area (Å²) < 4.78 is 5.54. The molecule has 0 spiro atoms. The highest BCUT2D eigenvalue weighted by molar-refractivity contribution is 7.15. The van der Waals surface area contributed by atoms with Crippen molar-refractivity contribution >= 4 is 16.5 Å². The van der Waals surface area contributed by atoms with Crippen molar-refractivity contribution in [1.29, 1.82) is 0 Å². The largest absolute Gasteiger partial charge is 0.444 e. The molecule has 20 heavy (non-hydrogen) atoms. The van der Waals surface area contributed by atoms with Crippen molar-refractivity contribution in [3.05, 3.63) is 28.4 Å². The summed E-state index contributed by atoms with van der Waals surface area (Å²) in [6, 6.07) is 0. The van der Waals surface area contributed by atoms with Crippen LogP contribution < -0.4 is 10.2 Å². The molecule has 2 heterocycles. The molecule has 0 aliphatic carbocycles. The summed E-state index contributed by atoms with van der Waals surface area (Å²) in [5, 5.41) is 4.43. The Hall–Kier alpha value is -1.40. The van der Waals surface area contributed by atoms with Gasteiger partial charge < -0.3 is 14.6 Å². The van der Waals surface area contributed by atoms with Crippen molar-refractivity contribution in [2.45, 2.75) is 40.8 Å². The summed E-state index contributed by atoms with van der Waals surface area (Å²) in [6.45, 7) is 11.6. The van der Waals surface area contributed by atoms with Gasteiger partial charge in [-0.2, -0.15) is 0 Å². The molecule has 0 unspecified atom stereocenters. The van der Waals surface area contributed by atoms with Crippen LogP contribution in [0.25, 0.3) is 0 Å². The van der Waals surface area contributed by atoms with E-state index in [1.807, 2.05) is 20.0 Å². The van der Waals surface area contributed by atoms with Gasteiger partial charge in [0.05, 0.1) is 12.2 Å². The van der Waals surface area contributed by atoms with E-state index in [9.17, 15) is 0 Å². The maximum atomic E-state index is 5.54. The van der Waals surface area contributed by atoms with E-state index in [4.69, 9.17) is 4.42 Å². The smallest absolute Gasteiger partial charge is 0.208 e. The van der Waals surface area contributed by atoms with Gasteiger partial charge in [0.1, 0.15) is 5.76 Å². The zero-order valence-corrected chi connectivity index (χ0v) is 13.4. The van der Waals surface area contributed by atoms with Crippen LogP contribution in [0.15, 0.2) is 10.6 Å². The van der Waals surface area contributed by atoms with Crippen LogP contribution in [0.4, 0.5) is 5.13 Å². The molecule has 0 atom stereocenters. The Morgan fingerprint density at radius 3 is 2.60 bits per heavy atom. The summed E-state index contributed by atoms with van der Waals surface area (Å²) in [6.07, 6.45) is 1.94. The van der Waals surface area contributed by atoms with Crippen LogP contribution in [0.5, 0.6) is 0 Å². The highest BCUT2D eigenvalue weighted by atomic mass is 32.1. The number of aryl methyl sites for hydroxylation is 2. The molecule has 0 bridgehead atoms. The molecule has 0 aliphatic rings. The third kappa shape index (κ3) is 3.58. The fourth-order valence-electron chi connectivity index (χ4n) is 1.93. The predicted molar refractivity (Wildman–Crippen MR) is 82.2 cm³/mol. The van der Waals surface area contributed by atoms with Crippen molar-refractivity contribution in [3.8, 4) is 0 Å². The Bertz CT molecular complexity index is 526. The second-order valence-electron chi connectivity index (χ2n) is 4.63. The highest BCUT2D eigenvalue weighted by Gasteiger charge is 2.08. The van der Waals surface area contributed by atoms with Gasteiger partial charge in [-0.15, -0.1) is 11.3 Å². The molecule has 1 N–H and O–H groups in total. The maximum absolute atomic E-state index is 5.54. The molecule has 0 radical (unpaired) electrons. The maximum Gasteiger partial charge on any atom is 0.208 e. The van der Waals surface area contributed by atoms with Gasteiger partial charge in [0.2, 0.25) is 5.89 Å². The number of thiazole rings is 1. The first kappa shape index (κ1) is 15.0. The Morgan fingerprint density at radius 1 is 1.25 bits per heavy atom. The fraction of sp³-hybridized carbons (Fsp3) is 0.571. The van der Waals surface area contributed by atoms with E-state index in [-0.39, 0.29) is 0 Å². The molecule has 2 aromatic heterocycles. The summed E-state index contributed by atoms with van der Waals surface area (Å²) in [4.78, 5) is 12.3. The quantitative estimate of drug-likeness (QED) is 0.851. The second-order valence-corrected chi connectivity index (χ2v) is 5.73. The lowest BCUT2D eigenvalue weighted by atomic mass is 10.4. The van der Waals surface area contributed by atoms with Crippen LogP contribution in [0.3, 0.4) is 0 Å². The number of nitrogens with zero attached hydrogens (tertiary/aromatic N) is 3. The lowest BCUT2D eigenvalue weighted by Gasteiger charge is -2.16. The monoisotopic (exact) mass is 294 g/mol. The normalized spacial score (nSPS) is 11.0. The molecule has 0 fully saturated rings. The molecule has 5 nitrogen and oxygen atoms in total. The molecule has 2 rings (SSSR count). The summed E-state index contributed by atoms with van der Waals surface area (Å²) in [5.74, 6) is 1.64. The summed E-state index contributed by atoms with van der Waals surface area (Å²) in [5.41, 5.74) is 0.961. The molecule has 0 saturated heterocycles. The minimum atomic E-state index is 0.646. The standard InChI is InChI=1S/C14H22N4OS/c1-5-18(6-2)14-16-8-12(20-14)7-15-9-13-17-10(3)11(4)19-13/h8,15H,5-7,9H2,1-4H3. The van der Waals surface area contributed by atoms with Crippen LogP contribution in [-0.4, -0.2) is 23.1 Å². The zero-order valence-electron chi connectivity index (χ0n) is 12.6. The van der Waals surface area contributed by atoms with Crippen LogP contribution >= 0.6 is 11.3 Å². The molecular weight excluding hydrogens is 272 g/mol. The van der Waals surface area contributed by atoms with Gasteiger partial charge in [0.15, 0.2) is 5.13 Å². The Balaban J connectivity index is 1.85. The van der Waals surface area contributed by atoms with E-state index in [1.165, 1.54) is 4.88 Å². The van der Waals surface area contributed by atoms with Crippen molar-refractivity contribution in [2.24, 2.45) is 0 Å². The van der Waals surface area contributed by atoms with Gasteiger partial charge in [0, 0.05) is 30.7 Å². The van der Waals surface area contributed by atoms with E-state index in [2.05, 4.69) is 34.0 Å². The number of aromatic nitrogens is 2. The van der Waals surface area contributed by atoms with Crippen LogP contribution in [0.1, 0.15) is 36.1 Å². The van der Waals surface area contributed by atoms with Crippen molar-refractivity contribution in [1.82, 2.24) is 15.3 Å². The molecule has 0 aliphatic heterocycles. The lowest BCUT2D eigenvalue weighted by Crippen LogP contribution is -2.21. The fourth-order valence-corrected chi connectivity index (χ4v) is 2.93. The van der Waals surface area contributed by atoms with Gasteiger partial charge in [-0.3, -0.25) is 0 Å². The number of nitrogens with one attached hydrogen (secondary N) is 1. The van der Waals surface area contributed by atoms with Crippen LogP contribution in [0.2, 0.25) is 0 Å². The van der Waals surface area contributed by atoms with E-state index in [1.54, 1.807) is 11.3 Å². The minimum Gasteiger partial charge on any atom is -0.444 e. The SMILES string of the molecule is CCN(CC)c1ncc(CNCc2nc(C)c(C)o2)s1. The molecule has 0 saturated carbocycles. The van der Waals surface area contributed by atoms with Crippen molar-refractivity contribution in [2.75, 3.05) is 18.0 Å². The average molecular weight is 294 g/mol. The third-order valence-corrected chi connectivity index (χ3v) is 4.28. The Morgan fingerprint density at radius 2 is 2.00 bits per heavy atom. The first-order valence-corrected chi connectivity index (χ1v) is 7.79. The minimum absolute atomic E-state index is 0.646. The predicted octanol–water partition coefficient (Wildman–Crippen LogP) is 2.88.